The third-order valence-electron chi connectivity index (χ3n) is 4.14. The fraction of sp³-hybridized carbons (Fsp3) is 0.524. The lowest BCUT2D eigenvalue weighted by Crippen LogP contribution is -2.37. The lowest BCUT2D eigenvalue weighted by Gasteiger charge is -2.12. The molecule has 0 saturated heterocycles. The molecule has 0 unspecified atom stereocenters. The Labute approximate surface area is 190 Å². The van der Waals surface area contributed by atoms with Crippen molar-refractivity contribution in [2.45, 2.75) is 46.2 Å². The van der Waals surface area contributed by atoms with Crippen molar-refractivity contribution in [3.8, 4) is 5.75 Å². The lowest BCUT2D eigenvalue weighted by molar-refractivity contribution is 0.145. The van der Waals surface area contributed by atoms with Crippen molar-refractivity contribution in [3.05, 3.63) is 47.3 Å². The number of nitrogens with one attached hydrogen (secondary N) is 2. The first-order valence-electron chi connectivity index (χ1n) is 9.80. The molecule has 0 fully saturated rings. The van der Waals surface area contributed by atoms with Gasteiger partial charge >= 0.3 is 0 Å². The summed E-state index contributed by atoms with van der Waals surface area (Å²) in [5, 5.41) is 10.8. The van der Waals surface area contributed by atoms with Crippen LogP contribution in [0.15, 0.2) is 39.8 Å². The zero-order chi connectivity index (χ0) is 20.2. The summed E-state index contributed by atoms with van der Waals surface area (Å²) >= 11 is 0. The van der Waals surface area contributed by atoms with Gasteiger partial charge < -0.3 is 24.6 Å². The molecule has 0 amide bonds. The molecule has 2 N–H and O–H groups in total. The van der Waals surface area contributed by atoms with E-state index in [9.17, 15) is 0 Å². The van der Waals surface area contributed by atoms with Crippen LogP contribution in [0.5, 0.6) is 5.75 Å². The molecule has 2 aromatic rings. The van der Waals surface area contributed by atoms with Gasteiger partial charge in [-0.2, -0.15) is 0 Å². The smallest absolute Gasteiger partial charge is 0.191 e. The predicted molar refractivity (Wildman–Crippen MR) is 126 cm³/mol. The van der Waals surface area contributed by atoms with Gasteiger partial charge in [0.05, 0.1) is 25.9 Å². The number of hydrogen-bond donors (Lipinski definition) is 2. The molecular formula is C21H33IN4O3. The highest BCUT2D eigenvalue weighted by molar-refractivity contribution is 14.0. The highest BCUT2D eigenvalue weighted by Gasteiger charge is 2.08. The maximum atomic E-state index is 5.39. The molecule has 7 nitrogen and oxygen atoms in total. The van der Waals surface area contributed by atoms with Gasteiger partial charge in [-0.3, -0.25) is 0 Å². The van der Waals surface area contributed by atoms with Crippen molar-refractivity contribution in [2.24, 2.45) is 4.99 Å². The van der Waals surface area contributed by atoms with Gasteiger partial charge in [0.1, 0.15) is 5.75 Å². The normalized spacial score (nSPS) is 11.3. The van der Waals surface area contributed by atoms with Gasteiger partial charge in [0, 0.05) is 25.8 Å². The molecule has 0 aliphatic heterocycles. The van der Waals surface area contributed by atoms with Crippen molar-refractivity contribution in [1.29, 1.82) is 0 Å². The summed E-state index contributed by atoms with van der Waals surface area (Å²) in [6, 6.07) is 9.89. The van der Waals surface area contributed by atoms with Gasteiger partial charge in [-0.15, -0.1) is 24.0 Å². The topological polar surface area (TPSA) is 80.9 Å². The Hall–Kier alpha value is -1.81. The van der Waals surface area contributed by atoms with E-state index in [1.165, 1.54) is 0 Å². The van der Waals surface area contributed by atoms with Crippen LogP contribution in [0.2, 0.25) is 0 Å². The Morgan fingerprint density at radius 3 is 2.59 bits per heavy atom. The van der Waals surface area contributed by atoms with Crippen LogP contribution in [0.25, 0.3) is 0 Å². The lowest BCUT2D eigenvalue weighted by atomic mass is 10.1. The van der Waals surface area contributed by atoms with E-state index in [1.807, 2.05) is 37.3 Å². The molecule has 0 bridgehead atoms. The molecular weight excluding hydrogens is 483 g/mol. The first-order valence-corrected chi connectivity index (χ1v) is 9.80. The van der Waals surface area contributed by atoms with Crippen molar-refractivity contribution in [2.75, 3.05) is 26.9 Å². The highest BCUT2D eigenvalue weighted by atomic mass is 127. The van der Waals surface area contributed by atoms with Crippen LogP contribution in [0.3, 0.4) is 0 Å². The van der Waals surface area contributed by atoms with E-state index in [1.54, 1.807) is 7.11 Å². The first-order chi connectivity index (χ1) is 13.6. The molecule has 29 heavy (non-hydrogen) atoms. The Balaban J connectivity index is 0.00000420. The SMILES string of the molecule is CCOCCCNC(=NCc1ccc(OC)cc1)NCc1cc(C(C)C)no1.I. The number of rotatable bonds is 11. The standard InChI is InChI=1S/C21H32N4O3.HI/c1-5-27-12-6-11-22-21(23-14-17-7-9-18(26-4)10-8-17)24-15-19-13-20(16(2)3)25-28-19;/h7-10,13,16H,5-6,11-12,14-15H2,1-4H3,(H2,22,23,24);1H. The summed E-state index contributed by atoms with van der Waals surface area (Å²) < 4.78 is 16.0. The summed E-state index contributed by atoms with van der Waals surface area (Å²) in [5.41, 5.74) is 2.07. The number of guanidine groups is 1. The van der Waals surface area contributed by atoms with Crippen molar-refractivity contribution >= 4 is 29.9 Å². The summed E-state index contributed by atoms with van der Waals surface area (Å²) in [7, 11) is 1.66. The molecule has 1 aromatic carbocycles. The maximum absolute atomic E-state index is 5.39. The first kappa shape index (κ1) is 25.2. The number of ether oxygens (including phenoxy) is 2. The average molecular weight is 516 g/mol. The monoisotopic (exact) mass is 516 g/mol. The fourth-order valence-electron chi connectivity index (χ4n) is 2.46. The Morgan fingerprint density at radius 2 is 1.97 bits per heavy atom. The molecule has 0 aliphatic carbocycles. The van der Waals surface area contributed by atoms with Crippen LogP contribution in [0.4, 0.5) is 0 Å². The van der Waals surface area contributed by atoms with E-state index in [-0.39, 0.29) is 24.0 Å². The number of aromatic nitrogens is 1. The Morgan fingerprint density at radius 1 is 1.21 bits per heavy atom. The van der Waals surface area contributed by atoms with Crippen LogP contribution < -0.4 is 15.4 Å². The number of methoxy groups -OCH3 is 1. The fourth-order valence-corrected chi connectivity index (χ4v) is 2.46. The molecule has 2 rings (SSSR count). The second-order valence-corrected chi connectivity index (χ2v) is 6.72. The van der Waals surface area contributed by atoms with Crippen LogP contribution in [-0.4, -0.2) is 38.0 Å². The molecule has 1 aromatic heterocycles. The second kappa shape index (κ2) is 14.2. The summed E-state index contributed by atoms with van der Waals surface area (Å²) in [6.07, 6.45) is 0.914. The Bertz CT molecular complexity index is 717. The second-order valence-electron chi connectivity index (χ2n) is 6.72. The van der Waals surface area contributed by atoms with E-state index < -0.39 is 0 Å². The largest absolute Gasteiger partial charge is 0.497 e. The van der Waals surface area contributed by atoms with Gasteiger partial charge in [0.2, 0.25) is 0 Å². The minimum absolute atomic E-state index is 0. The molecule has 0 saturated carbocycles. The molecule has 1 heterocycles. The van der Waals surface area contributed by atoms with Gasteiger partial charge in [-0.25, -0.2) is 4.99 Å². The minimum atomic E-state index is 0. The van der Waals surface area contributed by atoms with Crippen LogP contribution >= 0.6 is 24.0 Å². The van der Waals surface area contributed by atoms with E-state index in [0.29, 0.717) is 19.0 Å². The summed E-state index contributed by atoms with van der Waals surface area (Å²) in [6.45, 7) is 9.53. The third-order valence-corrected chi connectivity index (χ3v) is 4.14. The highest BCUT2D eigenvalue weighted by Crippen LogP contribution is 2.14. The van der Waals surface area contributed by atoms with Gasteiger partial charge in [-0.1, -0.05) is 31.1 Å². The zero-order valence-electron chi connectivity index (χ0n) is 17.7. The predicted octanol–water partition coefficient (Wildman–Crippen LogP) is 4.09. The Kier molecular flexibility index (Phi) is 12.4. The van der Waals surface area contributed by atoms with Crippen molar-refractivity contribution in [3.63, 3.8) is 0 Å². The van der Waals surface area contributed by atoms with Crippen molar-refractivity contribution in [1.82, 2.24) is 15.8 Å². The molecule has 0 atom stereocenters. The maximum Gasteiger partial charge on any atom is 0.191 e. The number of halogens is 1. The molecule has 162 valence electrons. The van der Waals surface area contributed by atoms with E-state index in [4.69, 9.17) is 14.0 Å². The van der Waals surface area contributed by atoms with Crippen LogP contribution in [-0.2, 0) is 17.8 Å². The van der Waals surface area contributed by atoms with Crippen LogP contribution in [0, 0.1) is 0 Å². The van der Waals surface area contributed by atoms with E-state index in [2.05, 4.69) is 34.6 Å². The minimum Gasteiger partial charge on any atom is -0.497 e. The quantitative estimate of drug-likeness (QED) is 0.203. The average Bonchev–Trinajstić information content (AvgIpc) is 3.19. The summed E-state index contributed by atoms with van der Waals surface area (Å²) in [5.74, 6) is 2.70. The number of nitrogens with zero attached hydrogens (tertiary/aromatic N) is 2. The zero-order valence-corrected chi connectivity index (χ0v) is 20.1. The number of hydrogen-bond acceptors (Lipinski definition) is 5. The van der Waals surface area contributed by atoms with E-state index in [0.717, 1.165) is 54.9 Å². The molecule has 0 radical (unpaired) electrons. The van der Waals surface area contributed by atoms with Crippen LogP contribution in [0.1, 0.15) is 50.1 Å². The van der Waals surface area contributed by atoms with Crippen molar-refractivity contribution < 1.29 is 14.0 Å². The number of benzene rings is 1. The van der Waals surface area contributed by atoms with E-state index >= 15 is 0 Å². The molecule has 0 spiro atoms. The van der Waals surface area contributed by atoms with Gasteiger partial charge in [0.25, 0.3) is 0 Å². The van der Waals surface area contributed by atoms with Gasteiger partial charge in [0.15, 0.2) is 11.7 Å². The number of aliphatic imine (C=N–C) groups is 1. The third kappa shape index (κ3) is 9.49. The molecule has 0 aliphatic rings. The summed E-state index contributed by atoms with van der Waals surface area (Å²) in [4.78, 5) is 4.67. The van der Waals surface area contributed by atoms with Gasteiger partial charge in [-0.05, 0) is 37.0 Å². The molecule has 8 heteroatoms.